The lowest BCUT2D eigenvalue weighted by Gasteiger charge is -2.14. The van der Waals surface area contributed by atoms with E-state index in [2.05, 4.69) is 12.2 Å². The highest BCUT2D eigenvalue weighted by atomic mass is 16.3. The molecule has 1 saturated carbocycles. The summed E-state index contributed by atoms with van der Waals surface area (Å²) in [6.07, 6.45) is 2.02. The van der Waals surface area contributed by atoms with Crippen molar-refractivity contribution >= 4 is 0 Å². The van der Waals surface area contributed by atoms with Crippen LogP contribution in [0.5, 0.6) is 0 Å². The smallest absolute Gasteiger partial charge is 0.0895 e. The van der Waals surface area contributed by atoms with Crippen molar-refractivity contribution in [3.05, 3.63) is 0 Å². The molecular formula is C8H17NO2. The average molecular weight is 159 g/mol. The molecule has 11 heavy (non-hydrogen) atoms. The second-order valence-corrected chi connectivity index (χ2v) is 3.37. The summed E-state index contributed by atoms with van der Waals surface area (Å²) in [5.74, 6) is 0.806. The van der Waals surface area contributed by atoms with Gasteiger partial charge in [0.1, 0.15) is 0 Å². The van der Waals surface area contributed by atoms with Crippen molar-refractivity contribution in [1.82, 2.24) is 5.32 Å². The molecule has 1 rings (SSSR count). The molecule has 0 aromatic carbocycles. The maximum Gasteiger partial charge on any atom is 0.0895 e. The fourth-order valence-electron chi connectivity index (χ4n) is 1.15. The van der Waals surface area contributed by atoms with Crippen LogP contribution in [0.15, 0.2) is 0 Å². The van der Waals surface area contributed by atoms with Gasteiger partial charge in [-0.2, -0.15) is 0 Å². The van der Waals surface area contributed by atoms with Crippen LogP contribution in [0.4, 0.5) is 0 Å². The summed E-state index contributed by atoms with van der Waals surface area (Å²) >= 11 is 0. The summed E-state index contributed by atoms with van der Waals surface area (Å²) in [6, 6.07) is 0.496. The molecule has 66 valence electrons. The molecule has 0 aromatic rings. The molecule has 3 heteroatoms. The van der Waals surface area contributed by atoms with Gasteiger partial charge in [-0.1, -0.05) is 0 Å². The summed E-state index contributed by atoms with van der Waals surface area (Å²) in [5, 5.41) is 20.7. The maximum absolute atomic E-state index is 9.00. The van der Waals surface area contributed by atoms with Crippen molar-refractivity contribution < 1.29 is 10.2 Å². The van der Waals surface area contributed by atoms with Crippen LogP contribution in [0.3, 0.4) is 0 Å². The number of hydrogen-bond donors (Lipinski definition) is 3. The molecule has 0 radical (unpaired) electrons. The first-order valence-electron chi connectivity index (χ1n) is 4.26. The van der Waals surface area contributed by atoms with Crippen LogP contribution in [0.2, 0.25) is 0 Å². The van der Waals surface area contributed by atoms with E-state index in [0.717, 1.165) is 5.92 Å². The minimum atomic E-state index is -0.601. The quantitative estimate of drug-likeness (QED) is 0.517. The first kappa shape index (κ1) is 8.97. The molecule has 1 aliphatic carbocycles. The van der Waals surface area contributed by atoms with E-state index >= 15 is 0 Å². The third kappa shape index (κ3) is 3.18. The van der Waals surface area contributed by atoms with Crippen LogP contribution < -0.4 is 5.32 Å². The van der Waals surface area contributed by atoms with Crippen molar-refractivity contribution in [1.29, 1.82) is 0 Å². The van der Waals surface area contributed by atoms with Gasteiger partial charge in [-0.25, -0.2) is 0 Å². The third-order valence-corrected chi connectivity index (χ3v) is 2.22. The Morgan fingerprint density at radius 1 is 1.55 bits per heavy atom. The zero-order chi connectivity index (χ0) is 8.27. The van der Waals surface area contributed by atoms with Crippen molar-refractivity contribution in [2.24, 2.45) is 5.92 Å². The Kier molecular flexibility index (Phi) is 3.30. The Hall–Kier alpha value is -0.120. The standard InChI is InChI=1S/C8H17NO2/c1-6(7-2-3-7)9-4-8(11)5-10/h6-11H,2-5H2,1H3/t6?,8-/m0/s1. The molecule has 3 N–H and O–H groups in total. The van der Waals surface area contributed by atoms with Crippen LogP contribution in [0.1, 0.15) is 19.8 Å². The Bertz CT molecular complexity index is 115. The summed E-state index contributed by atoms with van der Waals surface area (Å²) in [6.45, 7) is 2.49. The predicted octanol–water partition coefficient (Wildman–Crippen LogP) is -0.272. The van der Waals surface area contributed by atoms with E-state index in [1.807, 2.05) is 0 Å². The van der Waals surface area contributed by atoms with E-state index in [1.165, 1.54) is 12.8 Å². The topological polar surface area (TPSA) is 52.5 Å². The highest BCUT2D eigenvalue weighted by Gasteiger charge is 2.27. The molecule has 0 aromatic heterocycles. The van der Waals surface area contributed by atoms with Crippen molar-refractivity contribution in [2.75, 3.05) is 13.2 Å². The van der Waals surface area contributed by atoms with Crippen LogP contribution >= 0.6 is 0 Å². The fraction of sp³-hybridized carbons (Fsp3) is 1.00. The Morgan fingerprint density at radius 2 is 2.18 bits per heavy atom. The molecular weight excluding hydrogens is 142 g/mol. The van der Waals surface area contributed by atoms with Gasteiger partial charge in [0.25, 0.3) is 0 Å². The van der Waals surface area contributed by atoms with E-state index in [1.54, 1.807) is 0 Å². The Balaban J connectivity index is 2.00. The van der Waals surface area contributed by atoms with E-state index in [-0.39, 0.29) is 6.61 Å². The van der Waals surface area contributed by atoms with Gasteiger partial charge in [0.2, 0.25) is 0 Å². The molecule has 1 unspecified atom stereocenters. The molecule has 0 bridgehead atoms. The van der Waals surface area contributed by atoms with E-state index in [4.69, 9.17) is 10.2 Å². The number of rotatable bonds is 5. The third-order valence-electron chi connectivity index (χ3n) is 2.22. The number of aliphatic hydroxyl groups excluding tert-OH is 2. The van der Waals surface area contributed by atoms with Crippen LogP contribution in [0.25, 0.3) is 0 Å². The molecule has 1 fully saturated rings. The maximum atomic E-state index is 9.00. The van der Waals surface area contributed by atoms with Gasteiger partial charge in [0.05, 0.1) is 12.7 Å². The summed E-state index contributed by atoms with van der Waals surface area (Å²) in [5.41, 5.74) is 0. The SMILES string of the molecule is CC(NC[C@H](O)CO)C1CC1. The first-order chi connectivity index (χ1) is 5.24. The van der Waals surface area contributed by atoms with Crippen LogP contribution in [-0.2, 0) is 0 Å². The lowest BCUT2D eigenvalue weighted by atomic mass is 10.2. The molecule has 0 aliphatic heterocycles. The number of hydrogen-bond acceptors (Lipinski definition) is 3. The second kappa shape index (κ2) is 4.04. The van der Waals surface area contributed by atoms with Crippen molar-refractivity contribution in [3.8, 4) is 0 Å². The van der Waals surface area contributed by atoms with Gasteiger partial charge in [0, 0.05) is 12.6 Å². The summed E-state index contributed by atoms with van der Waals surface area (Å²) < 4.78 is 0. The molecule has 0 saturated heterocycles. The zero-order valence-corrected chi connectivity index (χ0v) is 6.95. The normalized spacial score (nSPS) is 23.2. The highest BCUT2D eigenvalue weighted by Crippen LogP contribution is 2.32. The zero-order valence-electron chi connectivity index (χ0n) is 6.95. The molecule has 0 spiro atoms. The fourth-order valence-corrected chi connectivity index (χ4v) is 1.15. The van der Waals surface area contributed by atoms with Crippen LogP contribution in [-0.4, -0.2) is 35.5 Å². The van der Waals surface area contributed by atoms with E-state index < -0.39 is 6.10 Å². The van der Waals surface area contributed by atoms with Gasteiger partial charge in [0.15, 0.2) is 0 Å². The number of aliphatic hydroxyl groups is 2. The van der Waals surface area contributed by atoms with Gasteiger partial charge < -0.3 is 15.5 Å². The van der Waals surface area contributed by atoms with E-state index in [9.17, 15) is 0 Å². The monoisotopic (exact) mass is 159 g/mol. The van der Waals surface area contributed by atoms with Crippen LogP contribution in [0, 0.1) is 5.92 Å². The molecule has 0 amide bonds. The first-order valence-corrected chi connectivity index (χ1v) is 4.26. The van der Waals surface area contributed by atoms with Gasteiger partial charge in [-0.3, -0.25) is 0 Å². The number of nitrogens with one attached hydrogen (secondary N) is 1. The largest absolute Gasteiger partial charge is 0.394 e. The van der Waals surface area contributed by atoms with Crippen molar-refractivity contribution in [3.63, 3.8) is 0 Å². The van der Waals surface area contributed by atoms with Gasteiger partial charge in [-0.15, -0.1) is 0 Å². The summed E-state index contributed by atoms with van der Waals surface area (Å²) in [7, 11) is 0. The molecule has 1 aliphatic rings. The second-order valence-electron chi connectivity index (χ2n) is 3.37. The minimum absolute atomic E-state index is 0.148. The Labute approximate surface area is 67.4 Å². The lowest BCUT2D eigenvalue weighted by Crippen LogP contribution is -2.36. The minimum Gasteiger partial charge on any atom is -0.394 e. The summed E-state index contributed by atoms with van der Waals surface area (Å²) in [4.78, 5) is 0. The van der Waals surface area contributed by atoms with Gasteiger partial charge >= 0.3 is 0 Å². The van der Waals surface area contributed by atoms with E-state index in [0.29, 0.717) is 12.6 Å². The molecule has 0 heterocycles. The van der Waals surface area contributed by atoms with Gasteiger partial charge in [-0.05, 0) is 25.7 Å². The van der Waals surface area contributed by atoms with Crippen molar-refractivity contribution in [2.45, 2.75) is 31.9 Å². The lowest BCUT2D eigenvalue weighted by molar-refractivity contribution is 0.0917. The average Bonchev–Trinajstić information content (AvgIpc) is 2.81. The highest BCUT2D eigenvalue weighted by molar-refractivity contribution is 4.83. The predicted molar refractivity (Wildman–Crippen MR) is 43.3 cm³/mol. The Morgan fingerprint density at radius 3 is 2.64 bits per heavy atom. The molecule has 3 nitrogen and oxygen atoms in total. The molecule has 2 atom stereocenters.